The van der Waals surface area contributed by atoms with Crippen LogP contribution in [0.1, 0.15) is 31.9 Å². The fraction of sp³-hybridized carbons (Fsp3) is 0.393. The third kappa shape index (κ3) is 4.67. The molecule has 198 valence electrons. The van der Waals surface area contributed by atoms with Gasteiger partial charge in [-0.3, -0.25) is 0 Å². The van der Waals surface area contributed by atoms with Gasteiger partial charge in [0.2, 0.25) is 0 Å². The topological polar surface area (TPSA) is 112 Å². The van der Waals surface area contributed by atoms with Crippen LogP contribution in [-0.2, 0) is 9.57 Å². The maximum atomic E-state index is 12.3. The van der Waals surface area contributed by atoms with Crippen LogP contribution in [0.15, 0.2) is 57.1 Å². The van der Waals surface area contributed by atoms with Crippen molar-refractivity contribution in [3.05, 3.63) is 58.1 Å². The van der Waals surface area contributed by atoms with Gasteiger partial charge in [0.25, 0.3) is 0 Å². The molecule has 3 N–H and O–H groups in total. The van der Waals surface area contributed by atoms with E-state index in [1.807, 2.05) is 63.2 Å². The van der Waals surface area contributed by atoms with E-state index in [4.69, 9.17) is 14.6 Å². The Morgan fingerprint density at radius 3 is 2.76 bits per heavy atom. The zero-order valence-corrected chi connectivity index (χ0v) is 23.1. The number of hydrogen-bond donors (Lipinski definition) is 3. The van der Waals surface area contributed by atoms with E-state index in [1.54, 1.807) is 4.90 Å². The molecular formula is C28H30BrN5O4. The van der Waals surface area contributed by atoms with E-state index >= 15 is 0 Å². The van der Waals surface area contributed by atoms with E-state index in [1.165, 1.54) is 0 Å². The van der Waals surface area contributed by atoms with Crippen molar-refractivity contribution in [2.24, 2.45) is 22.0 Å². The summed E-state index contributed by atoms with van der Waals surface area (Å²) < 4.78 is 6.39. The lowest BCUT2D eigenvalue weighted by Gasteiger charge is -2.26. The number of amides is 1. The average molecular weight is 580 g/mol. The number of oxime groups is 1. The lowest BCUT2D eigenvalue weighted by atomic mass is 10.0. The van der Waals surface area contributed by atoms with E-state index < -0.39 is 5.60 Å². The first-order chi connectivity index (χ1) is 18.2. The number of aromatic amines is 1. The predicted octanol–water partition coefficient (Wildman–Crippen LogP) is 4.95. The standard InChI is InChI=1S/C28H30BrN5O4/c1-28(2,3)38-27(36)34-13-18-19(14-34)23(18)30-10-11-37-33-24-16-6-4-5-7-20(16)31-25(24)22-17-12-15(29)8-9-21(17)32-26(22)35/h4-9,12,18-19,23,30,32,35H,10-11,13-14H2,1-3H3/b33-24+. The number of nitrogens with zero attached hydrogens (tertiary/aromatic N) is 3. The number of nitrogens with one attached hydrogen (secondary N) is 2. The van der Waals surface area contributed by atoms with Crippen molar-refractivity contribution in [3.63, 3.8) is 0 Å². The highest BCUT2D eigenvalue weighted by Gasteiger charge is 2.56. The third-order valence-corrected chi connectivity index (χ3v) is 7.66. The Balaban J connectivity index is 1.09. The molecule has 1 saturated heterocycles. The van der Waals surface area contributed by atoms with Crippen LogP contribution in [0.25, 0.3) is 10.9 Å². The van der Waals surface area contributed by atoms with Crippen LogP contribution in [-0.4, -0.2) is 70.4 Å². The third-order valence-electron chi connectivity index (χ3n) is 7.17. The zero-order valence-electron chi connectivity index (χ0n) is 21.5. The number of carbonyl (C=O) groups is 1. The van der Waals surface area contributed by atoms with E-state index in [-0.39, 0.29) is 12.0 Å². The molecule has 3 aliphatic rings. The van der Waals surface area contributed by atoms with Crippen LogP contribution < -0.4 is 5.32 Å². The fourth-order valence-electron chi connectivity index (χ4n) is 5.41. The van der Waals surface area contributed by atoms with Crippen LogP contribution in [0.2, 0.25) is 0 Å². The molecule has 9 nitrogen and oxygen atoms in total. The van der Waals surface area contributed by atoms with Crippen molar-refractivity contribution < 1.29 is 19.5 Å². The Morgan fingerprint density at radius 1 is 1.24 bits per heavy atom. The smallest absolute Gasteiger partial charge is 0.410 e. The van der Waals surface area contributed by atoms with Gasteiger partial charge in [-0.1, -0.05) is 39.3 Å². The van der Waals surface area contributed by atoms with Gasteiger partial charge in [-0.15, -0.1) is 0 Å². The summed E-state index contributed by atoms with van der Waals surface area (Å²) in [6.45, 7) is 8.13. The number of H-pyrrole nitrogens is 1. The molecule has 6 rings (SSSR count). The molecule has 38 heavy (non-hydrogen) atoms. The van der Waals surface area contributed by atoms with E-state index in [0.29, 0.717) is 48.0 Å². The minimum atomic E-state index is -0.478. The SMILES string of the molecule is CC(C)(C)OC(=O)N1CC2C(C1)C2NCCO/N=C1/C(c2c(O)[nH]c3ccc(Br)cc23)=Nc2ccccc21. The second kappa shape index (κ2) is 9.43. The monoisotopic (exact) mass is 579 g/mol. The molecule has 2 aliphatic heterocycles. The number of carbonyl (C=O) groups excluding carboxylic acids is 1. The minimum absolute atomic E-state index is 0.0414. The summed E-state index contributed by atoms with van der Waals surface area (Å²) in [5.74, 6) is 0.955. The molecule has 3 heterocycles. The van der Waals surface area contributed by atoms with Gasteiger partial charge in [-0.2, -0.15) is 0 Å². The second-order valence-corrected chi connectivity index (χ2v) is 11.9. The summed E-state index contributed by atoms with van der Waals surface area (Å²) in [5, 5.41) is 19.6. The molecule has 2 aromatic carbocycles. The highest BCUT2D eigenvalue weighted by atomic mass is 79.9. The van der Waals surface area contributed by atoms with Crippen LogP contribution in [0.3, 0.4) is 0 Å². The Kier molecular flexibility index (Phi) is 6.19. The predicted molar refractivity (Wildman–Crippen MR) is 149 cm³/mol. The first kappa shape index (κ1) is 24.9. The largest absolute Gasteiger partial charge is 0.494 e. The summed E-state index contributed by atoms with van der Waals surface area (Å²) in [7, 11) is 0. The van der Waals surface area contributed by atoms with Crippen LogP contribution in [0.5, 0.6) is 5.88 Å². The van der Waals surface area contributed by atoms with Gasteiger partial charge >= 0.3 is 6.09 Å². The van der Waals surface area contributed by atoms with Gasteiger partial charge in [-0.05, 0) is 56.9 Å². The van der Waals surface area contributed by atoms with Crippen molar-refractivity contribution in [3.8, 4) is 5.88 Å². The van der Waals surface area contributed by atoms with Crippen molar-refractivity contribution in [2.45, 2.75) is 32.4 Å². The summed E-state index contributed by atoms with van der Waals surface area (Å²) in [6.07, 6.45) is -0.231. The molecule has 2 unspecified atom stereocenters. The number of fused-ring (bicyclic) bond motifs is 3. The summed E-state index contributed by atoms with van der Waals surface area (Å²) in [4.78, 5) is 27.7. The molecule has 10 heteroatoms. The Bertz CT molecular complexity index is 1460. The van der Waals surface area contributed by atoms with Crippen molar-refractivity contribution >= 4 is 50.0 Å². The Morgan fingerprint density at radius 2 is 2.00 bits per heavy atom. The minimum Gasteiger partial charge on any atom is -0.494 e. The first-order valence-corrected chi connectivity index (χ1v) is 13.6. The van der Waals surface area contributed by atoms with E-state index in [0.717, 1.165) is 39.7 Å². The maximum absolute atomic E-state index is 12.3. The fourth-order valence-corrected chi connectivity index (χ4v) is 5.78. The second-order valence-electron chi connectivity index (χ2n) is 11.0. The number of aliphatic imine (C=N–C) groups is 1. The van der Waals surface area contributed by atoms with Gasteiger partial charge in [0.15, 0.2) is 5.88 Å². The molecule has 2 atom stereocenters. The van der Waals surface area contributed by atoms with Crippen molar-refractivity contribution in [2.75, 3.05) is 26.2 Å². The number of aromatic hydroxyl groups is 1. The van der Waals surface area contributed by atoms with E-state index in [9.17, 15) is 9.90 Å². The van der Waals surface area contributed by atoms with Gasteiger partial charge in [0, 0.05) is 46.6 Å². The number of benzene rings is 2. The lowest BCUT2D eigenvalue weighted by Crippen LogP contribution is -2.39. The molecule has 2 fully saturated rings. The molecular weight excluding hydrogens is 550 g/mol. The molecule has 1 saturated carbocycles. The number of hydrogen-bond acceptors (Lipinski definition) is 7. The zero-order chi connectivity index (χ0) is 26.6. The van der Waals surface area contributed by atoms with Gasteiger partial charge in [0.05, 0.1) is 11.3 Å². The van der Waals surface area contributed by atoms with Gasteiger partial charge in [0.1, 0.15) is 23.6 Å². The Hall–Kier alpha value is -3.37. The van der Waals surface area contributed by atoms with Crippen molar-refractivity contribution in [1.82, 2.24) is 15.2 Å². The molecule has 1 aromatic heterocycles. The molecule has 0 spiro atoms. The first-order valence-electron chi connectivity index (χ1n) is 12.8. The number of ether oxygens (including phenoxy) is 1. The Labute approximate surface area is 229 Å². The van der Waals surface area contributed by atoms with E-state index in [2.05, 4.69) is 31.4 Å². The average Bonchev–Trinajstić information content (AvgIpc) is 3.19. The summed E-state index contributed by atoms with van der Waals surface area (Å²) >= 11 is 3.52. The van der Waals surface area contributed by atoms with Crippen LogP contribution in [0, 0.1) is 11.8 Å². The molecule has 1 amide bonds. The molecule has 1 aliphatic carbocycles. The highest BCUT2D eigenvalue weighted by molar-refractivity contribution is 9.10. The van der Waals surface area contributed by atoms with Crippen LogP contribution >= 0.6 is 15.9 Å². The molecule has 0 radical (unpaired) electrons. The molecule has 3 aromatic rings. The highest BCUT2D eigenvalue weighted by Crippen LogP contribution is 2.45. The quantitative estimate of drug-likeness (QED) is 0.283. The summed E-state index contributed by atoms with van der Waals surface area (Å²) in [6, 6.07) is 13.9. The maximum Gasteiger partial charge on any atom is 0.410 e. The summed E-state index contributed by atoms with van der Waals surface area (Å²) in [5.41, 5.74) is 3.73. The lowest BCUT2D eigenvalue weighted by molar-refractivity contribution is 0.0268. The molecule has 0 bridgehead atoms. The normalized spacial score (nSPS) is 22.9. The number of aromatic nitrogens is 1. The number of piperidine rings is 1. The van der Waals surface area contributed by atoms with Gasteiger partial charge < -0.3 is 29.9 Å². The number of rotatable bonds is 6. The number of para-hydroxylation sites is 1. The van der Waals surface area contributed by atoms with Crippen LogP contribution in [0.4, 0.5) is 10.5 Å². The number of halogens is 1. The van der Waals surface area contributed by atoms with Gasteiger partial charge in [-0.25, -0.2) is 9.79 Å². The van der Waals surface area contributed by atoms with Crippen molar-refractivity contribution in [1.29, 1.82) is 0 Å². The number of likely N-dealkylation sites (tertiary alicyclic amines) is 1.